The van der Waals surface area contributed by atoms with Crippen LogP contribution >= 0.6 is 0 Å². The highest BCUT2D eigenvalue weighted by Crippen LogP contribution is 2.35. The summed E-state index contributed by atoms with van der Waals surface area (Å²) in [6.07, 6.45) is -23.2. The van der Waals surface area contributed by atoms with Crippen molar-refractivity contribution in [2.45, 2.75) is 135 Å². The van der Waals surface area contributed by atoms with E-state index >= 15 is 0 Å². The molecule has 4 aliphatic rings. The Bertz CT molecular complexity index is 1110. The Morgan fingerprint density at radius 2 is 1.38 bits per heavy atom. The van der Waals surface area contributed by atoms with Gasteiger partial charge in [0.1, 0.15) is 54.9 Å². The Morgan fingerprint density at radius 3 is 1.98 bits per heavy atom. The van der Waals surface area contributed by atoms with Crippen molar-refractivity contribution < 1.29 is 77.7 Å². The summed E-state index contributed by atoms with van der Waals surface area (Å²) < 4.78 is 62.8. The quantitative estimate of drug-likeness (QED) is 0.0834. The van der Waals surface area contributed by atoms with E-state index in [4.69, 9.17) is 62.8 Å². The van der Waals surface area contributed by atoms with Crippen molar-refractivity contribution in [3.05, 3.63) is 0 Å². The van der Waals surface area contributed by atoms with Gasteiger partial charge >= 0.3 is 0 Å². The normalized spacial score (nSPS) is 46.5. The van der Waals surface area contributed by atoms with Crippen LogP contribution in [0.4, 0.5) is 8.78 Å². The molecule has 1 saturated carbocycles. The first-order valence-electron chi connectivity index (χ1n) is 16.2. The third kappa shape index (κ3) is 8.68. The number of nitrogens with two attached hydrogens (primary N) is 6. The standard InChI is InChI=1S/C27H51F2N7O14/c28-27(29,6-32)22(43)23(44)36-9-2-8(33)19(48-25-14(35)17(41)16(40)11(4-31)46-25)21(15(9)39)50-26-18(42)20(12(5-37)47-26)49-24-13(34)10(38)1-7(3-30)45-24/h7-22,24-26,37-43H,1-6,30-35H2,(H,36,44)/t7-,8+,9-,10+,11-,12-,13-,14-,15+,16-,17+,18-,19-,20-,21-,22-,24-,25-,26+/m1/s1. The molecule has 50 heavy (non-hydrogen) atoms. The zero-order chi connectivity index (χ0) is 37.2. The highest BCUT2D eigenvalue weighted by atomic mass is 19.3. The van der Waals surface area contributed by atoms with E-state index in [2.05, 4.69) is 5.32 Å². The first-order chi connectivity index (χ1) is 23.5. The number of nitrogens with one attached hydrogen (secondary N) is 1. The number of rotatable bonds is 13. The van der Waals surface area contributed by atoms with Gasteiger partial charge in [-0.2, -0.15) is 0 Å². The second kappa shape index (κ2) is 17.1. The average molecular weight is 736 g/mol. The fourth-order valence-electron chi connectivity index (χ4n) is 6.36. The van der Waals surface area contributed by atoms with Crippen molar-refractivity contribution >= 4 is 5.91 Å². The Labute approximate surface area is 285 Å². The number of hydrogen-bond acceptors (Lipinski definition) is 20. The van der Waals surface area contributed by atoms with Crippen molar-refractivity contribution in [2.75, 3.05) is 26.2 Å². The first kappa shape index (κ1) is 41.3. The predicted molar refractivity (Wildman–Crippen MR) is 161 cm³/mol. The Kier molecular flexibility index (Phi) is 14.2. The summed E-state index contributed by atoms with van der Waals surface area (Å²) in [5.74, 6) is -5.61. The van der Waals surface area contributed by atoms with E-state index in [1.807, 2.05) is 0 Å². The minimum absolute atomic E-state index is 0.0126. The topological polar surface area (TPSA) is 382 Å². The molecular formula is C27H51F2N7O14. The van der Waals surface area contributed by atoms with Crippen LogP contribution in [0.5, 0.6) is 0 Å². The zero-order valence-electron chi connectivity index (χ0n) is 26.9. The van der Waals surface area contributed by atoms with Crippen molar-refractivity contribution in [3.8, 4) is 0 Å². The number of hydrogen-bond donors (Lipinski definition) is 14. The monoisotopic (exact) mass is 735 g/mol. The van der Waals surface area contributed by atoms with Gasteiger partial charge in [0.15, 0.2) is 25.0 Å². The summed E-state index contributed by atoms with van der Waals surface area (Å²) in [4.78, 5) is 12.6. The number of carbonyl (C=O) groups excluding carboxylic acids is 1. The summed E-state index contributed by atoms with van der Waals surface area (Å²) >= 11 is 0. The van der Waals surface area contributed by atoms with Gasteiger partial charge in [0, 0.05) is 25.6 Å². The average Bonchev–Trinajstić information content (AvgIpc) is 3.39. The van der Waals surface area contributed by atoms with Gasteiger partial charge in [-0.3, -0.25) is 4.79 Å². The van der Waals surface area contributed by atoms with Gasteiger partial charge in [0.25, 0.3) is 11.8 Å². The Hall–Kier alpha value is -1.43. The molecule has 3 saturated heterocycles. The van der Waals surface area contributed by atoms with Crippen molar-refractivity contribution in [3.63, 3.8) is 0 Å². The Morgan fingerprint density at radius 1 is 0.780 bits per heavy atom. The van der Waals surface area contributed by atoms with Gasteiger partial charge in [-0.25, -0.2) is 8.78 Å². The second-order valence-corrected chi connectivity index (χ2v) is 13.0. The molecule has 19 atom stereocenters. The fraction of sp³-hybridized carbons (Fsp3) is 0.963. The van der Waals surface area contributed by atoms with Gasteiger partial charge in [-0.05, 0) is 6.42 Å². The number of aliphatic hydroxyl groups excluding tert-OH is 7. The molecule has 1 amide bonds. The third-order valence-electron chi connectivity index (χ3n) is 9.45. The molecule has 0 unspecified atom stereocenters. The molecule has 21 nitrogen and oxygen atoms in total. The summed E-state index contributed by atoms with van der Waals surface area (Å²) in [5, 5.41) is 75.9. The maximum atomic E-state index is 14.0. The molecule has 0 aromatic carbocycles. The predicted octanol–water partition coefficient (Wildman–Crippen LogP) is -8.75. The number of halogens is 2. The van der Waals surface area contributed by atoms with Gasteiger partial charge in [-0.1, -0.05) is 0 Å². The lowest BCUT2D eigenvalue weighted by molar-refractivity contribution is -0.307. The van der Waals surface area contributed by atoms with Crippen LogP contribution in [0.3, 0.4) is 0 Å². The Balaban J connectivity index is 1.58. The first-order valence-corrected chi connectivity index (χ1v) is 16.2. The van der Waals surface area contributed by atoms with Gasteiger partial charge in [0.05, 0.1) is 43.5 Å². The maximum Gasteiger partial charge on any atom is 0.294 e. The van der Waals surface area contributed by atoms with Crippen LogP contribution < -0.4 is 39.7 Å². The number of alkyl halides is 2. The summed E-state index contributed by atoms with van der Waals surface area (Å²) in [6, 6.07) is -5.18. The van der Waals surface area contributed by atoms with E-state index in [1.54, 1.807) is 0 Å². The molecule has 3 heterocycles. The molecule has 0 radical (unpaired) electrons. The summed E-state index contributed by atoms with van der Waals surface area (Å²) in [6.45, 7) is -2.36. The summed E-state index contributed by atoms with van der Waals surface area (Å²) in [5.41, 5.74) is 34.8. The van der Waals surface area contributed by atoms with Gasteiger partial charge in [-0.15, -0.1) is 0 Å². The molecule has 20 N–H and O–H groups in total. The molecule has 23 heteroatoms. The van der Waals surface area contributed by atoms with E-state index in [0.717, 1.165) is 0 Å². The highest BCUT2D eigenvalue weighted by molar-refractivity contribution is 5.82. The minimum atomic E-state index is -4.02. The van der Waals surface area contributed by atoms with E-state index < -0.39 is 141 Å². The van der Waals surface area contributed by atoms with Crippen LogP contribution in [0.2, 0.25) is 0 Å². The van der Waals surface area contributed by atoms with Crippen LogP contribution in [0.25, 0.3) is 0 Å². The lowest BCUT2D eigenvalue weighted by Gasteiger charge is -2.48. The van der Waals surface area contributed by atoms with Crippen LogP contribution in [-0.4, -0.2) is 190 Å². The lowest BCUT2D eigenvalue weighted by atomic mass is 9.83. The molecule has 0 aromatic heterocycles. The molecule has 0 bridgehead atoms. The number of aliphatic hydroxyl groups is 7. The summed E-state index contributed by atoms with van der Waals surface area (Å²) in [7, 11) is 0. The number of ether oxygens (including phenoxy) is 6. The fourth-order valence-corrected chi connectivity index (χ4v) is 6.36. The van der Waals surface area contributed by atoms with Crippen molar-refractivity contribution in [2.24, 2.45) is 34.4 Å². The zero-order valence-corrected chi connectivity index (χ0v) is 26.9. The maximum absolute atomic E-state index is 14.0. The van der Waals surface area contributed by atoms with Gasteiger partial charge < -0.3 is 104 Å². The largest absolute Gasteiger partial charge is 0.394 e. The van der Waals surface area contributed by atoms with Gasteiger partial charge in [0.2, 0.25) is 0 Å². The molecule has 4 fully saturated rings. The minimum Gasteiger partial charge on any atom is -0.394 e. The molecule has 0 spiro atoms. The lowest BCUT2D eigenvalue weighted by Crippen LogP contribution is -2.69. The van der Waals surface area contributed by atoms with Crippen LogP contribution in [-0.2, 0) is 33.2 Å². The number of amides is 1. The highest BCUT2D eigenvalue weighted by Gasteiger charge is 2.55. The SMILES string of the molecule is NC[C@H]1C[C@H](O)[C@@H](N)[C@@H](O[C@H]2[C@@H](O)[C@H](O[C@@H]3[C@@H](O)[C@H](NC(=O)[C@@H](O)C(F)(F)CN)C[C@H](N)[C@H]3O[C@H]3O[C@H](CN)[C@@H](O)[C@@H](O)[C@H]3N)O[C@@H]2CO)O1. The van der Waals surface area contributed by atoms with Crippen LogP contribution in [0, 0.1) is 0 Å². The van der Waals surface area contributed by atoms with Crippen LogP contribution in [0.1, 0.15) is 12.8 Å². The molecule has 1 aliphatic carbocycles. The van der Waals surface area contributed by atoms with E-state index in [0.29, 0.717) is 0 Å². The second-order valence-electron chi connectivity index (χ2n) is 13.0. The molecule has 4 rings (SSSR count). The van der Waals surface area contributed by atoms with E-state index in [1.165, 1.54) is 0 Å². The van der Waals surface area contributed by atoms with Crippen molar-refractivity contribution in [1.29, 1.82) is 0 Å². The molecule has 0 aromatic rings. The van der Waals surface area contributed by atoms with E-state index in [9.17, 15) is 49.3 Å². The van der Waals surface area contributed by atoms with E-state index in [-0.39, 0.29) is 25.9 Å². The molecular weight excluding hydrogens is 684 g/mol. The third-order valence-corrected chi connectivity index (χ3v) is 9.45. The smallest absolute Gasteiger partial charge is 0.294 e. The molecule has 3 aliphatic heterocycles. The number of carbonyl (C=O) groups is 1. The van der Waals surface area contributed by atoms with Crippen LogP contribution in [0.15, 0.2) is 0 Å². The molecule has 292 valence electrons. The van der Waals surface area contributed by atoms with Crippen molar-refractivity contribution in [1.82, 2.24) is 5.32 Å².